The first-order chi connectivity index (χ1) is 24.8. The standard InChI is InChI=1S/C49H29N/c1-2-12-31-27-33(24-23-30(31)11-1)50(46-28-32-13-3-4-14-35(32)36-15-5-6-17-39(36)46)34-25-26-38-41-19-10-21-43-42-20-9-18-40-37-16-7-8-22-44(37)49(47(40)42,48(41)43)45(38)29-34/h1-29H. The molecular weight excluding hydrogens is 603 g/mol. The number of anilines is 3. The summed E-state index contributed by atoms with van der Waals surface area (Å²) in [6, 6.07) is 65.9. The third-order valence-electron chi connectivity index (χ3n) is 11.7. The molecule has 0 saturated heterocycles. The molecule has 0 radical (unpaired) electrons. The molecule has 50 heavy (non-hydrogen) atoms. The fourth-order valence-electron chi connectivity index (χ4n) is 9.84. The number of nitrogens with zero attached hydrogens (tertiary/aromatic N) is 1. The van der Waals surface area contributed by atoms with E-state index in [1.807, 2.05) is 0 Å². The monoisotopic (exact) mass is 631 g/mol. The molecule has 1 unspecified atom stereocenters. The van der Waals surface area contributed by atoms with Crippen LogP contribution in [-0.4, -0.2) is 0 Å². The van der Waals surface area contributed by atoms with Crippen molar-refractivity contribution in [1.29, 1.82) is 0 Å². The lowest BCUT2D eigenvalue weighted by Gasteiger charge is -2.31. The molecule has 12 rings (SSSR count). The van der Waals surface area contributed by atoms with Crippen molar-refractivity contribution in [2.24, 2.45) is 0 Å². The Morgan fingerprint density at radius 1 is 0.320 bits per heavy atom. The van der Waals surface area contributed by atoms with E-state index in [1.54, 1.807) is 0 Å². The first-order valence-electron chi connectivity index (χ1n) is 17.5. The minimum absolute atomic E-state index is 0.333. The number of hydrogen-bond donors (Lipinski definition) is 0. The van der Waals surface area contributed by atoms with E-state index in [0.717, 1.165) is 5.69 Å². The summed E-state index contributed by atoms with van der Waals surface area (Å²) in [4.78, 5) is 2.50. The average Bonchev–Trinajstić information content (AvgIpc) is 3.78. The van der Waals surface area contributed by atoms with Gasteiger partial charge in [0.2, 0.25) is 0 Å². The summed E-state index contributed by atoms with van der Waals surface area (Å²) in [5, 5.41) is 7.50. The topological polar surface area (TPSA) is 3.24 Å². The molecule has 0 saturated carbocycles. The summed E-state index contributed by atoms with van der Waals surface area (Å²) in [7, 11) is 0. The van der Waals surface area contributed by atoms with Gasteiger partial charge in [0, 0.05) is 16.8 Å². The maximum Gasteiger partial charge on any atom is 0.0738 e. The van der Waals surface area contributed by atoms with Crippen molar-refractivity contribution in [3.63, 3.8) is 0 Å². The zero-order valence-electron chi connectivity index (χ0n) is 27.2. The van der Waals surface area contributed by atoms with E-state index >= 15 is 0 Å². The molecule has 0 aliphatic heterocycles. The van der Waals surface area contributed by atoms with Crippen molar-refractivity contribution < 1.29 is 0 Å². The molecule has 9 aromatic rings. The number of fused-ring (bicyclic) bond motifs is 9. The Morgan fingerprint density at radius 2 is 0.860 bits per heavy atom. The quantitative estimate of drug-likeness (QED) is 0.175. The van der Waals surface area contributed by atoms with Crippen LogP contribution in [0.15, 0.2) is 176 Å². The van der Waals surface area contributed by atoms with Crippen molar-refractivity contribution in [2.75, 3.05) is 4.90 Å². The summed E-state index contributed by atoms with van der Waals surface area (Å²) < 4.78 is 0. The maximum atomic E-state index is 2.52. The first kappa shape index (κ1) is 26.5. The molecule has 230 valence electrons. The van der Waals surface area contributed by atoms with E-state index in [2.05, 4.69) is 181 Å². The summed E-state index contributed by atoms with van der Waals surface area (Å²) in [5.41, 5.74) is 17.0. The average molecular weight is 632 g/mol. The predicted octanol–water partition coefficient (Wildman–Crippen LogP) is 12.9. The highest BCUT2D eigenvalue weighted by Gasteiger charge is 2.57. The van der Waals surface area contributed by atoms with Crippen LogP contribution in [0.1, 0.15) is 22.3 Å². The third-order valence-corrected chi connectivity index (χ3v) is 11.7. The zero-order chi connectivity index (χ0) is 32.6. The van der Waals surface area contributed by atoms with Crippen LogP contribution in [0, 0.1) is 0 Å². The Bertz CT molecular complexity index is 2910. The second-order valence-electron chi connectivity index (χ2n) is 14.0. The smallest absolute Gasteiger partial charge is 0.0738 e. The molecule has 9 aromatic carbocycles. The number of benzene rings is 9. The number of rotatable bonds is 3. The van der Waals surface area contributed by atoms with Crippen molar-refractivity contribution >= 4 is 49.4 Å². The second-order valence-corrected chi connectivity index (χ2v) is 14.0. The van der Waals surface area contributed by atoms with Crippen LogP contribution in [0.3, 0.4) is 0 Å². The summed E-state index contributed by atoms with van der Waals surface area (Å²) in [6.07, 6.45) is 0. The predicted molar refractivity (Wildman–Crippen MR) is 209 cm³/mol. The van der Waals surface area contributed by atoms with Crippen LogP contribution in [0.25, 0.3) is 65.7 Å². The van der Waals surface area contributed by atoms with Gasteiger partial charge in [0.05, 0.1) is 11.1 Å². The van der Waals surface area contributed by atoms with Gasteiger partial charge in [-0.15, -0.1) is 0 Å². The molecule has 0 bridgehead atoms. The van der Waals surface area contributed by atoms with Crippen LogP contribution in [-0.2, 0) is 5.41 Å². The van der Waals surface area contributed by atoms with Gasteiger partial charge in [0.1, 0.15) is 0 Å². The van der Waals surface area contributed by atoms with Gasteiger partial charge in [-0.25, -0.2) is 0 Å². The van der Waals surface area contributed by atoms with Crippen molar-refractivity contribution in [3.05, 3.63) is 198 Å². The summed E-state index contributed by atoms with van der Waals surface area (Å²) in [5.74, 6) is 0. The number of hydrogen-bond acceptors (Lipinski definition) is 1. The molecule has 1 nitrogen and oxygen atoms in total. The Kier molecular flexibility index (Phi) is 4.97. The van der Waals surface area contributed by atoms with Gasteiger partial charge >= 0.3 is 0 Å². The lowest BCUT2D eigenvalue weighted by atomic mass is 9.73. The van der Waals surface area contributed by atoms with E-state index in [-0.39, 0.29) is 5.41 Å². The van der Waals surface area contributed by atoms with E-state index in [1.165, 1.54) is 99.3 Å². The lowest BCUT2D eigenvalue weighted by Crippen LogP contribution is -2.23. The van der Waals surface area contributed by atoms with Crippen LogP contribution in [0.5, 0.6) is 0 Å². The highest BCUT2D eigenvalue weighted by Crippen LogP contribution is 2.70. The van der Waals surface area contributed by atoms with Crippen LogP contribution in [0.2, 0.25) is 0 Å². The second kappa shape index (κ2) is 9.37. The minimum Gasteiger partial charge on any atom is -0.310 e. The molecule has 0 amide bonds. The third kappa shape index (κ3) is 3.14. The maximum absolute atomic E-state index is 2.52. The fraction of sp³-hybridized carbons (Fsp3) is 0.0204. The molecule has 3 aliphatic rings. The van der Waals surface area contributed by atoms with Crippen LogP contribution in [0.4, 0.5) is 17.1 Å². The van der Waals surface area contributed by atoms with Gasteiger partial charge < -0.3 is 4.90 Å². The SMILES string of the molecule is c1ccc2c(c1)-c1cccc3c1C21c2cc(N(c4ccc5ccccc5c4)c4cc5ccccc5c5ccccc45)ccc2-c2cccc-3c21. The first-order valence-corrected chi connectivity index (χ1v) is 17.5. The molecule has 3 aliphatic carbocycles. The van der Waals surface area contributed by atoms with Gasteiger partial charge in [-0.3, -0.25) is 0 Å². The van der Waals surface area contributed by atoms with Crippen LogP contribution < -0.4 is 4.90 Å². The molecule has 0 heterocycles. The van der Waals surface area contributed by atoms with E-state index < -0.39 is 0 Å². The molecular formula is C49H29N. The Morgan fingerprint density at radius 3 is 1.64 bits per heavy atom. The summed E-state index contributed by atoms with van der Waals surface area (Å²) >= 11 is 0. The van der Waals surface area contributed by atoms with Crippen LogP contribution >= 0.6 is 0 Å². The zero-order valence-corrected chi connectivity index (χ0v) is 27.2. The van der Waals surface area contributed by atoms with Gasteiger partial charge in [-0.05, 0) is 113 Å². The highest BCUT2D eigenvalue weighted by molar-refractivity contribution is 6.15. The Hall–Kier alpha value is -6.44. The Balaban J connectivity index is 1.19. The van der Waals surface area contributed by atoms with E-state index in [4.69, 9.17) is 0 Å². The van der Waals surface area contributed by atoms with Gasteiger partial charge in [-0.2, -0.15) is 0 Å². The molecule has 1 atom stereocenters. The fourth-order valence-corrected chi connectivity index (χ4v) is 9.84. The summed E-state index contributed by atoms with van der Waals surface area (Å²) in [6.45, 7) is 0. The van der Waals surface area contributed by atoms with Crippen molar-refractivity contribution in [3.8, 4) is 33.4 Å². The van der Waals surface area contributed by atoms with Crippen molar-refractivity contribution in [1.82, 2.24) is 0 Å². The largest absolute Gasteiger partial charge is 0.310 e. The molecule has 0 fully saturated rings. The highest BCUT2D eigenvalue weighted by atomic mass is 15.1. The normalized spacial score (nSPS) is 15.7. The van der Waals surface area contributed by atoms with E-state index in [9.17, 15) is 0 Å². The molecule has 1 heteroatoms. The lowest BCUT2D eigenvalue weighted by molar-refractivity contribution is 0.818. The Labute approximate surface area is 290 Å². The van der Waals surface area contributed by atoms with Gasteiger partial charge in [-0.1, -0.05) is 146 Å². The van der Waals surface area contributed by atoms with Gasteiger partial charge in [0.25, 0.3) is 0 Å². The minimum atomic E-state index is -0.333. The van der Waals surface area contributed by atoms with E-state index in [0.29, 0.717) is 0 Å². The molecule has 1 spiro atoms. The van der Waals surface area contributed by atoms with Crippen molar-refractivity contribution in [2.45, 2.75) is 5.41 Å². The van der Waals surface area contributed by atoms with Gasteiger partial charge in [0.15, 0.2) is 0 Å². The molecule has 0 N–H and O–H groups in total. The molecule has 0 aromatic heterocycles.